The third-order valence-electron chi connectivity index (χ3n) is 2.33. The zero-order valence-corrected chi connectivity index (χ0v) is 9.76. The molecule has 0 aliphatic rings. The van der Waals surface area contributed by atoms with Crippen molar-refractivity contribution in [3.8, 4) is 0 Å². The van der Waals surface area contributed by atoms with Crippen molar-refractivity contribution in [3.05, 3.63) is 42.2 Å². The number of aryl methyl sites for hydroxylation is 1. The molecule has 0 N–H and O–H groups in total. The average Bonchev–Trinajstić information content (AvgIpc) is 2.36. The van der Waals surface area contributed by atoms with Crippen molar-refractivity contribution in [3.63, 3.8) is 0 Å². The van der Waals surface area contributed by atoms with E-state index in [4.69, 9.17) is 0 Å². The standard InChI is InChI=1S/C12H13FN4/c1-3-17(10-6-4-5-7-14-10)12-11(13)15-8-9(2)16-12/h4-8H,3H2,1-2H3. The van der Waals surface area contributed by atoms with E-state index in [0.29, 0.717) is 18.1 Å². The van der Waals surface area contributed by atoms with Gasteiger partial charge in [-0.1, -0.05) is 6.07 Å². The molecular weight excluding hydrogens is 219 g/mol. The summed E-state index contributed by atoms with van der Waals surface area (Å²) in [5.41, 5.74) is 0.677. The topological polar surface area (TPSA) is 41.9 Å². The van der Waals surface area contributed by atoms with Crippen LogP contribution in [0.4, 0.5) is 16.0 Å². The molecule has 0 spiro atoms. The van der Waals surface area contributed by atoms with Crippen molar-refractivity contribution < 1.29 is 4.39 Å². The summed E-state index contributed by atoms with van der Waals surface area (Å²) in [7, 11) is 0. The Hall–Kier alpha value is -2.04. The van der Waals surface area contributed by atoms with Crippen molar-refractivity contribution in [2.75, 3.05) is 11.4 Å². The number of aromatic nitrogens is 3. The molecule has 0 aliphatic heterocycles. The number of pyridine rings is 1. The van der Waals surface area contributed by atoms with Crippen LogP contribution < -0.4 is 4.90 Å². The highest BCUT2D eigenvalue weighted by atomic mass is 19.1. The zero-order valence-electron chi connectivity index (χ0n) is 9.76. The molecule has 2 rings (SSSR count). The second-order valence-corrected chi connectivity index (χ2v) is 3.56. The first-order valence-corrected chi connectivity index (χ1v) is 5.40. The summed E-state index contributed by atoms with van der Waals surface area (Å²) < 4.78 is 13.6. The number of hydrogen-bond donors (Lipinski definition) is 0. The summed E-state index contributed by atoms with van der Waals surface area (Å²) in [4.78, 5) is 13.7. The number of halogens is 1. The summed E-state index contributed by atoms with van der Waals surface area (Å²) in [5, 5.41) is 0. The summed E-state index contributed by atoms with van der Waals surface area (Å²) in [6.45, 7) is 4.27. The van der Waals surface area contributed by atoms with Crippen LogP contribution in [-0.2, 0) is 0 Å². The minimum Gasteiger partial charge on any atom is -0.307 e. The van der Waals surface area contributed by atoms with Crippen molar-refractivity contribution in [1.29, 1.82) is 0 Å². The molecule has 2 heterocycles. The number of rotatable bonds is 3. The molecule has 0 fully saturated rings. The van der Waals surface area contributed by atoms with Crippen LogP contribution >= 0.6 is 0 Å². The lowest BCUT2D eigenvalue weighted by Gasteiger charge is -2.20. The van der Waals surface area contributed by atoms with Gasteiger partial charge in [0, 0.05) is 12.7 Å². The third-order valence-corrected chi connectivity index (χ3v) is 2.33. The van der Waals surface area contributed by atoms with Crippen molar-refractivity contribution in [1.82, 2.24) is 15.0 Å². The highest BCUT2D eigenvalue weighted by Crippen LogP contribution is 2.22. The largest absolute Gasteiger partial charge is 0.307 e. The molecule has 0 saturated heterocycles. The van der Waals surface area contributed by atoms with Crippen LogP contribution in [0.2, 0.25) is 0 Å². The van der Waals surface area contributed by atoms with Crippen LogP contribution in [-0.4, -0.2) is 21.5 Å². The van der Waals surface area contributed by atoms with E-state index in [2.05, 4.69) is 15.0 Å². The highest BCUT2D eigenvalue weighted by molar-refractivity contribution is 5.55. The molecule has 0 unspecified atom stereocenters. The lowest BCUT2D eigenvalue weighted by Crippen LogP contribution is -2.20. The lowest BCUT2D eigenvalue weighted by atomic mass is 10.4. The van der Waals surface area contributed by atoms with Gasteiger partial charge in [0.2, 0.25) is 0 Å². The van der Waals surface area contributed by atoms with Crippen LogP contribution in [0.1, 0.15) is 12.6 Å². The Morgan fingerprint density at radius 3 is 2.76 bits per heavy atom. The number of nitrogens with zero attached hydrogens (tertiary/aromatic N) is 4. The molecule has 0 radical (unpaired) electrons. The molecule has 4 nitrogen and oxygen atoms in total. The Balaban J connectivity index is 2.46. The van der Waals surface area contributed by atoms with Gasteiger partial charge >= 0.3 is 0 Å². The summed E-state index contributed by atoms with van der Waals surface area (Å²) in [6, 6.07) is 5.48. The van der Waals surface area contributed by atoms with Crippen molar-refractivity contribution >= 4 is 11.6 Å². The van der Waals surface area contributed by atoms with Gasteiger partial charge in [0.25, 0.3) is 5.95 Å². The van der Waals surface area contributed by atoms with E-state index in [-0.39, 0.29) is 5.82 Å². The van der Waals surface area contributed by atoms with Crippen LogP contribution in [0, 0.1) is 12.9 Å². The molecule has 2 aromatic heterocycles. The van der Waals surface area contributed by atoms with E-state index in [1.807, 2.05) is 25.1 Å². The molecule has 0 atom stereocenters. The van der Waals surface area contributed by atoms with Gasteiger partial charge < -0.3 is 4.90 Å². The van der Waals surface area contributed by atoms with E-state index in [9.17, 15) is 4.39 Å². The van der Waals surface area contributed by atoms with Crippen molar-refractivity contribution in [2.45, 2.75) is 13.8 Å². The summed E-state index contributed by atoms with van der Waals surface area (Å²) in [5.74, 6) is 0.295. The molecule has 88 valence electrons. The first kappa shape index (κ1) is 11.4. The molecule has 0 bridgehead atoms. The first-order chi connectivity index (χ1) is 8.22. The van der Waals surface area contributed by atoms with Crippen LogP contribution in [0.3, 0.4) is 0 Å². The fraction of sp³-hybridized carbons (Fsp3) is 0.250. The van der Waals surface area contributed by atoms with E-state index in [0.717, 1.165) is 0 Å². The zero-order chi connectivity index (χ0) is 12.3. The molecule has 17 heavy (non-hydrogen) atoms. The number of hydrogen-bond acceptors (Lipinski definition) is 4. The van der Waals surface area contributed by atoms with Crippen molar-refractivity contribution in [2.24, 2.45) is 0 Å². The van der Waals surface area contributed by atoms with Crippen LogP contribution in [0.15, 0.2) is 30.6 Å². The second kappa shape index (κ2) is 4.86. The van der Waals surface area contributed by atoms with Gasteiger partial charge in [0.05, 0.1) is 11.9 Å². The maximum absolute atomic E-state index is 13.6. The van der Waals surface area contributed by atoms with E-state index >= 15 is 0 Å². The van der Waals surface area contributed by atoms with Gasteiger partial charge in [-0.05, 0) is 26.0 Å². The van der Waals surface area contributed by atoms with Gasteiger partial charge in [-0.25, -0.2) is 15.0 Å². The molecule has 0 saturated carbocycles. The van der Waals surface area contributed by atoms with Crippen LogP contribution in [0.25, 0.3) is 0 Å². The fourth-order valence-corrected chi connectivity index (χ4v) is 1.56. The molecule has 0 amide bonds. The average molecular weight is 232 g/mol. The van der Waals surface area contributed by atoms with E-state index in [1.54, 1.807) is 18.0 Å². The molecule has 5 heteroatoms. The van der Waals surface area contributed by atoms with Gasteiger partial charge in [-0.2, -0.15) is 4.39 Å². The summed E-state index contributed by atoms with van der Waals surface area (Å²) in [6.07, 6.45) is 3.07. The first-order valence-electron chi connectivity index (χ1n) is 5.40. The lowest BCUT2D eigenvalue weighted by molar-refractivity contribution is 0.573. The normalized spacial score (nSPS) is 10.3. The smallest absolute Gasteiger partial charge is 0.256 e. The van der Waals surface area contributed by atoms with E-state index in [1.165, 1.54) is 6.20 Å². The Morgan fingerprint density at radius 1 is 1.29 bits per heavy atom. The van der Waals surface area contributed by atoms with E-state index < -0.39 is 5.95 Å². The fourth-order valence-electron chi connectivity index (χ4n) is 1.56. The third kappa shape index (κ3) is 2.38. The predicted octanol–water partition coefficient (Wildman–Crippen LogP) is 2.48. The van der Waals surface area contributed by atoms with Gasteiger partial charge in [-0.15, -0.1) is 0 Å². The second-order valence-electron chi connectivity index (χ2n) is 3.56. The maximum Gasteiger partial charge on any atom is 0.256 e. The Labute approximate surface area is 99.2 Å². The number of anilines is 2. The van der Waals surface area contributed by atoms with Gasteiger partial charge in [-0.3, -0.25) is 0 Å². The van der Waals surface area contributed by atoms with Gasteiger partial charge in [0.1, 0.15) is 5.82 Å². The van der Waals surface area contributed by atoms with Crippen LogP contribution in [0.5, 0.6) is 0 Å². The molecular formula is C12H13FN4. The monoisotopic (exact) mass is 232 g/mol. The maximum atomic E-state index is 13.6. The Morgan fingerprint density at radius 2 is 2.12 bits per heavy atom. The summed E-state index contributed by atoms with van der Waals surface area (Å²) >= 11 is 0. The molecule has 0 aromatic carbocycles. The minimum absolute atomic E-state index is 0.214. The highest BCUT2D eigenvalue weighted by Gasteiger charge is 2.15. The SMILES string of the molecule is CCN(c1ccccn1)c1nc(C)cnc1F. The minimum atomic E-state index is -0.580. The predicted molar refractivity (Wildman–Crippen MR) is 63.6 cm³/mol. The molecule has 2 aromatic rings. The Kier molecular flexibility index (Phi) is 3.27. The van der Waals surface area contributed by atoms with Gasteiger partial charge in [0.15, 0.2) is 5.82 Å². The quantitative estimate of drug-likeness (QED) is 0.815. The molecule has 0 aliphatic carbocycles. The Bertz CT molecular complexity index is 501.